The van der Waals surface area contributed by atoms with E-state index in [0.717, 1.165) is 19.4 Å². The summed E-state index contributed by atoms with van der Waals surface area (Å²) in [6.45, 7) is 8.18. The monoisotopic (exact) mass is 369 g/mol. The van der Waals surface area contributed by atoms with Gasteiger partial charge in [0.05, 0.1) is 4.92 Å². The van der Waals surface area contributed by atoms with Gasteiger partial charge in [0.15, 0.2) is 0 Å². The number of hydrogen-bond acceptors (Lipinski definition) is 4. The van der Waals surface area contributed by atoms with Crippen molar-refractivity contribution >= 4 is 24.0 Å². The molecule has 2 rings (SSSR count). The van der Waals surface area contributed by atoms with E-state index in [0.29, 0.717) is 30.1 Å². The quantitative estimate of drug-likeness (QED) is 0.652. The first kappa shape index (κ1) is 21.4. The van der Waals surface area contributed by atoms with Gasteiger partial charge in [-0.05, 0) is 43.8 Å². The maximum Gasteiger partial charge on any atom is 0.273 e. The van der Waals surface area contributed by atoms with E-state index in [9.17, 15) is 14.9 Å². The second-order valence-electron chi connectivity index (χ2n) is 7.53. The smallest absolute Gasteiger partial charge is 0.273 e. The summed E-state index contributed by atoms with van der Waals surface area (Å²) in [5.74, 6) is 0.484. The fourth-order valence-electron chi connectivity index (χ4n) is 3.26. The number of likely N-dealkylation sites (tertiary alicyclic amines) is 1. The molecule has 0 radical (unpaired) electrons. The number of nitro benzene ring substituents is 1. The summed E-state index contributed by atoms with van der Waals surface area (Å²) in [4.78, 5) is 25.5. The number of carbonyl (C=O) groups excluding carboxylic acids is 1. The van der Waals surface area contributed by atoms with Gasteiger partial charge in [-0.25, -0.2) is 0 Å². The van der Waals surface area contributed by atoms with Crippen molar-refractivity contribution in [2.24, 2.45) is 5.92 Å². The second-order valence-corrected chi connectivity index (χ2v) is 7.53. The summed E-state index contributed by atoms with van der Waals surface area (Å²) in [6.07, 6.45) is 1.93. The highest BCUT2D eigenvalue weighted by Gasteiger charge is 2.28. The molecular formula is C18H28ClN3O3. The summed E-state index contributed by atoms with van der Waals surface area (Å²) in [7, 11) is 1.94. The SMILES string of the molecule is CNCC1CCN(C(=O)c2ccc(C(C)(C)C)c([N+](=O)[O-])c2)CC1.Cl. The van der Waals surface area contributed by atoms with Crippen molar-refractivity contribution in [1.29, 1.82) is 0 Å². The molecule has 1 N–H and O–H groups in total. The van der Waals surface area contributed by atoms with Crippen LogP contribution in [0.5, 0.6) is 0 Å². The van der Waals surface area contributed by atoms with Crippen LogP contribution in [0.2, 0.25) is 0 Å². The van der Waals surface area contributed by atoms with Crippen molar-refractivity contribution < 1.29 is 9.72 Å². The van der Waals surface area contributed by atoms with Crippen molar-refractivity contribution in [2.75, 3.05) is 26.7 Å². The van der Waals surface area contributed by atoms with E-state index >= 15 is 0 Å². The number of nitrogens with one attached hydrogen (secondary N) is 1. The summed E-state index contributed by atoms with van der Waals surface area (Å²) in [5, 5.41) is 14.6. The minimum atomic E-state index is -0.392. The Morgan fingerprint density at radius 1 is 1.32 bits per heavy atom. The Hall–Kier alpha value is -1.66. The average molecular weight is 370 g/mol. The molecule has 1 aromatic rings. The van der Waals surface area contributed by atoms with Gasteiger partial charge in [-0.3, -0.25) is 14.9 Å². The van der Waals surface area contributed by atoms with Crippen molar-refractivity contribution in [3.63, 3.8) is 0 Å². The molecule has 25 heavy (non-hydrogen) atoms. The van der Waals surface area contributed by atoms with Crippen molar-refractivity contribution in [3.8, 4) is 0 Å². The zero-order chi connectivity index (χ0) is 17.9. The van der Waals surface area contributed by atoms with Gasteiger partial charge in [-0.15, -0.1) is 12.4 Å². The number of benzene rings is 1. The summed E-state index contributed by atoms with van der Waals surface area (Å²) >= 11 is 0. The number of rotatable bonds is 4. The number of nitro groups is 1. The Labute approximate surface area is 155 Å². The van der Waals surface area contributed by atoms with Gasteiger partial charge in [0.25, 0.3) is 11.6 Å². The van der Waals surface area contributed by atoms with E-state index in [-0.39, 0.29) is 29.4 Å². The summed E-state index contributed by atoms with van der Waals surface area (Å²) < 4.78 is 0. The molecule has 1 fully saturated rings. The molecule has 1 aliphatic heterocycles. The third kappa shape index (κ3) is 5.16. The zero-order valence-corrected chi connectivity index (χ0v) is 16.2. The van der Waals surface area contributed by atoms with Crippen LogP contribution in [-0.4, -0.2) is 42.4 Å². The van der Waals surface area contributed by atoms with Crippen LogP contribution >= 0.6 is 12.4 Å². The minimum absolute atomic E-state index is 0. The van der Waals surface area contributed by atoms with Crippen LogP contribution in [0.3, 0.4) is 0 Å². The number of amides is 1. The molecule has 0 aliphatic carbocycles. The van der Waals surface area contributed by atoms with Crippen LogP contribution in [-0.2, 0) is 5.41 Å². The predicted molar refractivity (Wildman–Crippen MR) is 102 cm³/mol. The largest absolute Gasteiger partial charge is 0.339 e. The summed E-state index contributed by atoms with van der Waals surface area (Å²) in [6, 6.07) is 4.87. The molecule has 140 valence electrons. The van der Waals surface area contributed by atoms with Crippen LogP contribution in [0.4, 0.5) is 5.69 Å². The molecule has 0 bridgehead atoms. The van der Waals surface area contributed by atoms with E-state index in [4.69, 9.17) is 0 Å². The molecule has 0 aromatic heterocycles. The summed E-state index contributed by atoms with van der Waals surface area (Å²) in [5.41, 5.74) is 0.743. The highest BCUT2D eigenvalue weighted by atomic mass is 35.5. The van der Waals surface area contributed by atoms with Crippen molar-refractivity contribution in [3.05, 3.63) is 39.4 Å². The highest BCUT2D eigenvalue weighted by molar-refractivity contribution is 5.95. The molecule has 0 atom stereocenters. The number of carbonyl (C=O) groups is 1. The van der Waals surface area contributed by atoms with Crippen LogP contribution in [0, 0.1) is 16.0 Å². The molecule has 1 saturated heterocycles. The number of halogens is 1. The molecule has 6 nitrogen and oxygen atoms in total. The number of piperidine rings is 1. The first-order chi connectivity index (χ1) is 11.2. The third-order valence-corrected chi connectivity index (χ3v) is 4.64. The van der Waals surface area contributed by atoms with E-state index in [1.54, 1.807) is 12.1 Å². The zero-order valence-electron chi connectivity index (χ0n) is 15.4. The molecule has 1 aliphatic rings. The van der Waals surface area contributed by atoms with Crippen LogP contribution in [0.25, 0.3) is 0 Å². The molecular weight excluding hydrogens is 342 g/mol. The lowest BCUT2D eigenvalue weighted by Gasteiger charge is -2.32. The molecule has 0 saturated carbocycles. The van der Waals surface area contributed by atoms with Gasteiger partial charge in [-0.1, -0.05) is 26.8 Å². The molecule has 1 amide bonds. The van der Waals surface area contributed by atoms with Crippen molar-refractivity contribution in [2.45, 2.75) is 39.0 Å². The lowest BCUT2D eigenvalue weighted by atomic mass is 9.85. The van der Waals surface area contributed by atoms with Gasteiger partial charge in [-0.2, -0.15) is 0 Å². The normalized spacial score (nSPS) is 15.6. The van der Waals surface area contributed by atoms with E-state index in [2.05, 4.69) is 5.32 Å². The number of nitrogens with zero attached hydrogens (tertiary/aromatic N) is 2. The average Bonchev–Trinajstić information content (AvgIpc) is 2.54. The molecule has 1 heterocycles. The van der Waals surface area contributed by atoms with E-state index in [1.165, 1.54) is 6.07 Å². The first-order valence-electron chi connectivity index (χ1n) is 8.47. The Kier molecular flexibility index (Phi) is 7.38. The van der Waals surface area contributed by atoms with E-state index in [1.807, 2.05) is 32.7 Å². The molecule has 1 aromatic carbocycles. The van der Waals surface area contributed by atoms with Crippen LogP contribution < -0.4 is 5.32 Å². The second kappa shape index (κ2) is 8.63. The third-order valence-electron chi connectivity index (χ3n) is 4.64. The van der Waals surface area contributed by atoms with Gasteiger partial charge < -0.3 is 10.2 Å². The maximum absolute atomic E-state index is 12.7. The Morgan fingerprint density at radius 3 is 2.40 bits per heavy atom. The van der Waals surface area contributed by atoms with Gasteiger partial charge in [0.2, 0.25) is 0 Å². The standard InChI is InChI=1S/C18H27N3O3.ClH/c1-18(2,3)15-6-5-14(11-16(15)21(23)24)17(22)20-9-7-13(8-10-20)12-19-4;/h5-6,11,13,19H,7-10,12H2,1-4H3;1H. The Bertz CT molecular complexity index is 620. The highest BCUT2D eigenvalue weighted by Crippen LogP contribution is 2.32. The van der Waals surface area contributed by atoms with E-state index < -0.39 is 4.92 Å². The van der Waals surface area contributed by atoms with Crippen molar-refractivity contribution in [1.82, 2.24) is 10.2 Å². The van der Waals surface area contributed by atoms with Gasteiger partial charge in [0.1, 0.15) is 0 Å². The van der Waals surface area contributed by atoms with Crippen LogP contribution in [0.1, 0.15) is 49.5 Å². The fraction of sp³-hybridized carbons (Fsp3) is 0.611. The topological polar surface area (TPSA) is 75.5 Å². The first-order valence-corrected chi connectivity index (χ1v) is 8.47. The maximum atomic E-state index is 12.7. The predicted octanol–water partition coefficient (Wildman–Crippen LogP) is 3.39. The van der Waals surface area contributed by atoms with Crippen LogP contribution in [0.15, 0.2) is 18.2 Å². The Morgan fingerprint density at radius 2 is 1.92 bits per heavy atom. The van der Waals surface area contributed by atoms with Gasteiger partial charge in [0, 0.05) is 30.3 Å². The molecule has 0 unspecified atom stereocenters. The lowest BCUT2D eigenvalue weighted by molar-refractivity contribution is -0.386. The lowest BCUT2D eigenvalue weighted by Crippen LogP contribution is -2.40. The van der Waals surface area contributed by atoms with Gasteiger partial charge >= 0.3 is 0 Å². The Balaban J connectivity index is 0.00000312. The molecule has 0 spiro atoms. The molecule has 7 heteroatoms. The fourth-order valence-corrected chi connectivity index (χ4v) is 3.26. The minimum Gasteiger partial charge on any atom is -0.339 e. The number of hydrogen-bond donors (Lipinski definition) is 1.